The number of benzene rings is 2. The molecule has 0 atom stereocenters. The van der Waals surface area contributed by atoms with Gasteiger partial charge in [0.2, 0.25) is 0 Å². The number of carbonyl (C=O) groups is 1. The molecular weight excluding hydrogens is 312 g/mol. The van der Waals surface area contributed by atoms with Crippen LogP contribution in [0.3, 0.4) is 0 Å². The summed E-state index contributed by atoms with van der Waals surface area (Å²) in [5.41, 5.74) is 2.46. The molecule has 0 radical (unpaired) electrons. The third kappa shape index (κ3) is 4.41. The summed E-state index contributed by atoms with van der Waals surface area (Å²) in [6, 6.07) is 19.1. The van der Waals surface area contributed by atoms with Crippen molar-refractivity contribution in [1.82, 2.24) is 15.3 Å². The first kappa shape index (κ1) is 16.6. The van der Waals surface area contributed by atoms with Crippen molar-refractivity contribution >= 4 is 17.4 Å². The third-order valence-electron chi connectivity index (χ3n) is 3.53. The van der Waals surface area contributed by atoms with Gasteiger partial charge in [0, 0.05) is 29.1 Å². The lowest BCUT2D eigenvalue weighted by molar-refractivity contribution is 0.0943. The van der Waals surface area contributed by atoms with Crippen LogP contribution >= 0.6 is 0 Å². The molecule has 0 spiro atoms. The number of nitrogens with zero attached hydrogens (tertiary/aromatic N) is 2. The number of nitrogens with one attached hydrogen (secondary N) is 2. The Balaban J connectivity index is 1.73. The first-order valence-electron chi connectivity index (χ1n) is 8.18. The maximum Gasteiger partial charge on any atom is 0.251 e. The normalized spacial score (nSPS) is 10.5. The molecule has 3 aromatic rings. The van der Waals surface area contributed by atoms with E-state index in [1.807, 2.05) is 62.4 Å². The zero-order valence-electron chi connectivity index (χ0n) is 14.2. The number of amides is 1. The van der Waals surface area contributed by atoms with E-state index in [0.717, 1.165) is 11.3 Å². The first-order valence-corrected chi connectivity index (χ1v) is 8.18. The van der Waals surface area contributed by atoms with Gasteiger partial charge in [-0.1, -0.05) is 30.3 Å². The van der Waals surface area contributed by atoms with Crippen LogP contribution in [0.25, 0.3) is 11.4 Å². The fourth-order valence-corrected chi connectivity index (χ4v) is 2.35. The highest BCUT2D eigenvalue weighted by molar-refractivity contribution is 5.94. The molecule has 0 bridgehead atoms. The minimum atomic E-state index is -0.0741. The second-order valence-corrected chi connectivity index (χ2v) is 5.96. The van der Waals surface area contributed by atoms with Crippen molar-refractivity contribution < 1.29 is 4.79 Å². The number of hydrogen-bond acceptors (Lipinski definition) is 4. The van der Waals surface area contributed by atoms with Crippen molar-refractivity contribution in [3.63, 3.8) is 0 Å². The summed E-state index contributed by atoms with van der Waals surface area (Å²) in [6.45, 7) is 3.88. The van der Waals surface area contributed by atoms with Crippen molar-refractivity contribution in [2.75, 3.05) is 5.32 Å². The largest absolute Gasteiger partial charge is 0.350 e. The van der Waals surface area contributed by atoms with Crippen molar-refractivity contribution in [2.24, 2.45) is 0 Å². The quantitative estimate of drug-likeness (QED) is 0.740. The van der Waals surface area contributed by atoms with Gasteiger partial charge >= 0.3 is 0 Å². The van der Waals surface area contributed by atoms with Crippen LogP contribution in [0, 0.1) is 0 Å². The second-order valence-electron chi connectivity index (χ2n) is 5.96. The van der Waals surface area contributed by atoms with Crippen molar-refractivity contribution in [1.29, 1.82) is 0 Å². The fraction of sp³-hybridized carbons (Fsp3) is 0.150. The summed E-state index contributed by atoms with van der Waals surface area (Å²) in [4.78, 5) is 20.8. The molecule has 1 amide bonds. The zero-order chi connectivity index (χ0) is 17.6. The average Bonchev–Trinajstić information content (AvgIpc) is 2.63. The molecule has 3 rings (SSSR count). The molecule has 5 nitrogen and oxygen atoms in total. The summed E-state index contributed by atoms with van der Waals surface area (Å²) in [7, 11) is 0. The number of rotatable bonds is 5. The minimum Gasteiger partial charge on any atom is -0.350 e. The molecule has 2 aromatic carbocycles. The summed E-state index contributed by atoms with van der Waals surface area (Å²) < 4.78 is 0. The van der Waals surface area contributed by atoms with Gasteiger partial charge in [0.05, 0.1) is 0 Å². The second kappa shape index (κ2) is 7.57. The van der Waals surface area contributed by atoms with Crippen LogP contribution in [0.5, 0.6) is 0 Å². The van der Waals surface area contributed by atoms with Crippen LogP contribution in [0.1, 0.15) is 24.2 Å². The molecule has 1 aromatic heterocycles. The average molecular weight is 332 g/mol. The Hall–Kier alpha value is -3.21. The Labute approximate surface area is 147 Å². The smallest absolute Gasteiger partial charge is 0.251 e. The molecule has 126 valence electrons. The molecule has 0 aliphatic rings. The van der Waals surface area contributed by atoms with E-state index in [2.05, 4.69) is 20.6 Å². The summed E-state index contributed by atoms with van der Waals surface area (Å²) in [6.07, 6.45) is 1.72. The van der Waals surface area contributed by atoms with Crippen LogP contribution < -0.4 is 10.6 Å². The number of aromatic nitrogens is 2. The minimum absolute atomic E-state index is 0.0741. The summed E-state index contributed by atoms with van der Waals surface area (Å²) in [5.74, 6) is 1.29. The van der Waals surface area contributed by atoms with Gasteiger partial charge in [0.15, 0.2) is 5.82 Å². The summed E-state index contributed by atoms with van der Waals surface area (Å²) in [5, 5.41) is 6.11. The van der Waals surface area contributed by atoms with Crippen molar-refractivity contribution in [3.8, 4) is 11.4 Å². The third-order valence-corrected chi connectivity index (χ3v) is 3.53. The highest BCUT2D eigenvalue weighted by Gasteiger charge is 2.07. The number of hydrogen-bond donors (Lipinski definition) is 2. The molecule has 0 unspecified atom stereocenters. The van der Waals surface area contributed by atoms with E-state index in [9.17, 15) is 4.79 Å². The molecule has 0 saturated heterocycles. The van der Waals surface area contributed by atoms with Crippen molar-refractivity contribution in [3.05, 3.63) is 72.4 Å². The maximum atomic E-state index is 12.0. The lowest BCUT2D eigenvalue weighted by Gasteiger charge is -2.10. The predicted octanol–water partition coefficient (Wildman–Crippen LogP) is 4.03. The number of carbonyl (C=O) groups excluding carboxylic acids is 1. The van der Waals surface area contributed by atoms with Gasteiger partial charge in [-0.05, 0) is 44.2 Å². The molecule has 25 heavy (non-hydrogen) atoms. The molecule has 1 heterocycles. The number of anilines is 2. The zero-order valence-corrected chi connectivity index (χ0v) is 14.2. The molecule has 0 aliphatic carbocycles. The SMILES string of the molecule is CC(C)NC(=O)c1ccc(Nc2ccnc(-c3ccccc3)n2)cc1. The van der Waals surface area contributed by atoms with Gasteiger partial charge < -0.3 is 10.6 Å². The highest BCUT2D eigenvalue weighted by atomic mass is 16.1. The molecular formula is C20H20N4O. The van der Waals surface area contributed by atoms with Gasteiger partial charge in [0.25, 0.3) is 5.91 Å². The van der Waals surface area contributed by atoms with Crippen LogP contribution in [0.2, 0.25) is 0 Å². The van der Waals surface area contributed by atoms with E-state index in [0.29, 0.717) is 17.2 Å². The Morgan fingerprint density at radius 1 is 0.960 bits per heavy atom. The standard InChI is InChI=1S/C20H20N4O/c1-14(2)22-20(25)16-8-10-17(11-9-16)23-18-12-13-21-19(24-18)15-6-4-3-5-7-15/h3-14H,1-2H3,(H,22,25)(H,21,23,24). The van der Waals surface area contributed by atoms with Gasteiger partial charge in [-0.25, -0.2) is 9.97 Å². The van der Waals surface area contributed by atoms with Crippen LogP contribution in [-0.2, 0) is 0 Å². The van der Waals surface area contributed by atoms with Crippen LogP contribution in [0.4, 0.5) is 11.5 Å². The Bertz CT molecular complexity index is 845. The Morgan fingerprint density at radius 3 is 2.36 bits per heavy atom. The van der Waals surface area contributed by atoms with Crippen LogP contribution in [0.15, 0.2) is 66.9 Å². The van der Waals surface area contributed by atoms with Gasteiger partial charge in [-0.15, -0.1) is 0 Å². The summed E-state index contributed by atoms with van der Waals surface area (Å²) >= 11 is 0. The van der Waals surface area contributed by atoms with Gasteiger partial charge in [-0.3, -0.25) is 4.79 Å². The fourth-order valence-electron chi connectivity index (χ4n) is 2.35. The Kier molecular flexibility index (Phi) is 5.04. The van der Waals surface area contributed by atoms with E-state index in [1.54, 1.807) is 18.3 Å². The van der Waals surface area contributed by atoms with E-state index in [-0.39, 0.29) is 11.9 Å². The molecule has 5 heteroatoms. The highest BCUT2D eigenvalue weighted by Crippen LogP contribution is 2.19. The lowest BCUT2D eigenvalue weighted by atomic mass is 10.2. The van der Waals surface area contributed by atoms with Crippen molar-refractivity contribution in [2.45, 2.75) is 19.9 Å². The predicted molar refractivity (Wildman–Crippen MR) is 99.8 cm³/mol. The van der Waals surface area contributed by atoms with Gasteiger partial charge in [0.1, 0.15) is 5.82 Å². The van der Waals surface area contributed by atoms with E-state index < -0.39 is 0 Å². The maximum absolute atomic E-state index is 12.0. The van der Waals surface area contributed by atoms with Crippen LogP contribution in [-0.4, -0.2) is 21.9 Å². The molecule has 0 saturated carbocycles. The monoisotopic (exact) mass is 332 g/mol. The first-order chi connectivity index (χ1) is 12.1. The lowest BCUT2D eigenvalue weighted by Crippen LogP contribution is -2.29. The van der Waals surface area contributed by atoms with Gasteiger partial charge in [-0.2, -0.15) is 0 Å². The molecule has 0 aliphatic heterocycles. The van der Waals surface area contributed by atoms with E-state index >= 15 is 0 Å². The Morgan fingerprint density at radius 2 is 1.68 bits per heavy atom. The van der Waals surface area contributed by atoms with E-state index in [1.165, 1.54) is 0 Å². The van der Waals surface area contributed by atoms with E-state index in [4.69, 9.17) is 0 Å². The molecule has 0 fully saturated rings. The molecule has 2 N–H and O–H groups in total. The topological polar surface area (TPSA) is 66.9 Å².